The van der Waals surface area contributed by atoms with Crippen LogP contribution in [0, 0.1) is 12.7 Å². The summed E-state index contributed by atoms with van der Waals surface area (Å²) >= 11 is 0. The maximum absolute atomic E-state index is 13.6. The Labute approximate surface area is 91.1 Å². The molecule has 1 heterocycles. The fraction of sp³-hybridized carbons (Fsp3) is 0.583. The van der Waals surface area contributed by atoms with Crippen molar-refractivity contribution < 1.29 is 4.39 Å². The summed E-state index contributed by atoms with van der Waals surface area (Å²) in [4.78, 5) is 6.09. The van der Waals surface area contributed by atoms with E-state index in [1.165, 1.54) is 0 Å². The fourth-order valence-electron chi connectivity index (χ4n) is 1.64. The highest BCUT2D eigenvalue weighted by atomic mass is 19.1. The summed E-state index contributed by atoms with van der Waals surface area (Å²) in [5.41, 5.74) is 1.81. The van der Waals surface area contributed by atoms with Crippen LogP contribution in [0.4, 0.5) is 10.2 Å². The van der Waals surface area contributed by atoms with E-state index in [1.54, 1.807) is 25.1 Å². The minimum Gasteiger partial charge on any atom is -0.360 e. The number of aromatic nitrogens is 1. The number of pyridine rings is 1. The van der Waals surface area contributed by atoms with Crippen LogP contribution < -0.4 is 4.90 Å². The molecule has 0 aliphatic rings. The molecule has 84 valence electrons. The molecular weight excluding hydrogens is 191 g/mol. The third-order valence-corrected chi connectivity index (χ3v) is 2.28. The monoisotopic (exact) mass is 210 g/mol. The van der Waals surface area contributed by atoms with Crippen LogP contribution in [0.1, 0.15) is 32.0 Å². The molecule has 0 atom stereocenters. The molecule has 1 aromatic heterocycles. The number of rotatable bonds is 1. The lowest BCUT2D eigenvalue weighted by Crippen LogP contribution is -2.20. The first kappa shape index (κ1) is 12.0. The van der Waals surface area contributed by atoms with Gasteiger partial charge in [0.15, 0.2) is 11.6 Å². The lowest BCUT2D eigenvalue weighted by Gasteiger charge is -2.23. The van der Waals surface area contributed by atoms with Gasteiger partial charge in [0.2, 0.25) is 0 Å². The van der Waals surface area contributed by atoms with Crippen molar-refractivity contribution in [3.05, 3.63) is 23.1 Å². The fourth-order valence-corrected chi connectivity index (χ4v) is 1.64. The maximum atomic E-state index is 13.6. The second kappa shape index (κ2) is 3.80. The molecule has 3 heteroatoms. The quantitative estimate of drug-likeness (QED) is 0.708. The zero-order chi connectivity index (χ0) is 11.8. The Balaban J connectivity index is 3.37. The number of halogens is 1. The van der Waals surface area contributed by atoms with Crippen molar-refractivity contribution in [1.82, 2.24) is 4.98 Å². The molecule has 0 spiro atoms. The highest BCUT2D eigenvalue weighted by molar-refractivity contribution is 5.43. The molecule has 0 amide bonds. The Morgan fingerprint density at radius 3 is 2.20 bits per heavy atom. The number of aryl methyl sites for hydroxylation is 1. The van der Waals surface area contributed by atoms with Crippen LogP contribution in [0.3, 0.4) is 0 Å². The zero-order valence-electron chi connectivity index (χ0n) is 10.3. The smallest absolute Gasteiger partial charge is 0.165 e. The van der Waals surface area contributed by atoms with Gasteiger partial charge in [0.25, 0.3) is 0 Å². The van der Waals surface area contributed by atoms with Crippen molar-refractivity contribution in [2.75, 3.05) is 19.0 Å². The van der Waals surface area contributed by atoms with E-state index in [-0.39, 0.29) is 11.2 Å². The summed E-state index contributed by atoms with van der Waals surface area (Å²) in [5.74, 6) is 0.149. The van der Waals surface area contributed by atoms with Gasteiger partial charge in [0.1, 0.15) is 0 Å². The van der Waals surface area contributed by atoms with Gasteiger partial charge in [-0.15, -0.1) is 0 Å². The predicted molar refractivity (Wildman–Crippen MR) is 62.0 cm³/mol. The first-order valence-corrected chi connectivity index (χ1v) is 5.08. The Bertz CT molecular complexity index is 365. The summed E-state index contributed by atoms with van der Waals surface area (Å²) < 4.78 is 13.6. The summed E-state index contributed by atoms with van der Waals surface area (Å²) in [6.45, 7) is 8.15. The standard InChI is InChI=1S/C12H19FN2/c1-8-7-9(13)11(15(5)6)14-10(8)12(2,3)4/h7H,1-6H3. The van der Waals surface area contributed by atoms with E-state index < -0.39 is 0 Å². The molecule has 1 rings (SSSR count). The Morgan fingerprint density at radius 2 is 1.80 bits per heavy atom. The van der Waals surface area contributed by atoms with E-state index in [0.29, 0.717) is 5.82 Å². The Hall–Kier alpha value is -1.12. The van der Waals surface area contributed by atoms with Crippen LogP contribution in [0.5, 0.6) is 0 Å². The SMILES string of the molecule is Cc1cc(F)c(N(C)C)nc1C(C)(C)C. The molecule has 0 bridgehead atoms. The molecule has 0 saturated carbocycles. The topological polar surface area (TPSA) is 16.1 Å². The van der Waals surface area contributed by atoms with Gasteiger partial charge in [-0.05, 0) is 18.6 Å². The largest absolute Gasteiger partial charge is 0.360 e. The number of nitrogens with zero attached hydrogens (tertiary/aromatic N) is 2. The first-order chi connectivity index (χ1) is 6.73. The van der Waals surface area contributed by atoms with Gasteiger partial charge in [0, 0.05) is 19.5 Å². The van der Waals surface area contributed by atoms with Crippen LogP contribution >= 0.6 is 0 Å². The van der Waals surface area contributed by atoms with Gasteiger partial charge in [0.05, 0.1) is 5.69 Å². The molecule has 0 aliphatic carbocycles. The minimum absolute atomic E-state index is 0.0530. The number of hydrogen-bond donors (Lipinski definition) is 0. The van der Waals surface area contributed by atoms with Gasteiger partial charge in [-0.2, -0.15) is 0 Å². The third kappa shape index (κ3) is 2.46. The maximum Gasteiger partial charge on any atom is 0.165 e. The van der Waals surface area contributed by atoms with Gasteiger partial charge >= 0.3 is 0 Å². The highest BCUT2D eigenvalue weighted by Crippen LogP contribution is 2.27. The molecule has 15 heavy (non-hydrogen) atoms. The van der Waals surface area contributed by atoms with Crippen molar-refractivity contribution in [2.45, 2.75) is 33.1 Å². The van der Waals surface area contributed by atoms with Gasteiger partial charge in [-0.1, -0.05) is 20.8 Å². The van der Waals surface area contributed by atoms with Crippen molar-refractivity contribution in [3.63, 3.8) is 0 Å². The second-order valence-corrected chi connectivity index (χ2v) is 5.10. The normalized spacial score (nSPS) is 11.7. The number of hydrogen-bond acceptors (Lipinski definition) is 2. The third-order valence-electron chi connectivity index (χ3n) is 2.28. The second-order valence-electron chi connectivity index (χ2n) is 5.10. The zero-order valence-corrected chi connectivity index (χ0v) is 10.3. The molecule has 0 unspecified atom stereocenters. The predicted octanol–water partition coefficient (Wildman–Crippen LogP) is 2.89. The van der Waals surface area contributed by atoms with Crippen LogP contribution in [0.2, 0.25) is 0 Å². The molecule has 1 aromatic rings. The van der Waals surface area contributed by atoms with E-state index in [1.807, 2.05) is 6.92 Å². The molecule has 0 aromatic carbocycles. The number of anilines is 1. The lowest BCUT2D eigenvalue weighted by molar-refractivity contribution is 0.552. The lowest BCUT2D eigenvalue weighted by atomic mass is 9.89. The summed E-state index contributed by atoms with van der Waals surface area (Å²) in [6, 6.07) is 1.56. The average molecular weight is 210 g/mol. The van der Waals surface area contributed by atoms with E-state index in [9.17, 15) is 4.39 Å². The van der Waals surface area contributed by atoms with Crippen molar-refractivity contribution in [2.24, 2.45) is 0 Å². The van der Waals surface area contributed by atoms with E-state index in [2.05, 4.69) is 25.8 Å². The first-order valence-electron chi connectivity index (χ1n) is 5.08. The van der Waals surface area contributed by atoms with Crippen LogP contribution in [-0.4, -0.2) is 19.1 Å². The highest BCUT2D eigenvalue weighted by Gasteiger charge is 2.21. The van der Waals surface area contributed by atoms with Crippen LogP contribution in [0.25, 0.3) is 0 Å². The molecule has 0 N–H and O–H groups in total. The van der Waals surface area contributed by atoms with Gasteiger partial charge in [-0.25, -0.2) is 9.37 Å². The van der Waals surface area contributed by atoms with Crippen LogP contribution in [0.15, 0.2) is 6.07 Å². The van der Waals surface area contributed by atoms with Crippen molar-refractivity contribution in [1.29, 1.82) is 0 Å². The van der Waals surface area contributed by atoms with Gasteiger partial charge < -0.3 is 4.90 Å². The summed E-state index contributed by atoms with van der Waals surface area (Å²) in [5, 5.41) is 0. The van der Waals surface area contributed by atoms with E-state index >= 15 is 0 Å². The molecule has 0 saturated heterocycles. The molecular formula is C12H19FN2. The van der Waals surface area contributed by atoms with E-state index in [4.69, 9.17) is 0 Å². The Kier molecular flexibility index (Phi) is 3.03. The Morgan fingerprint density at radius 1 is 1.27 bits per heavy atom. The van der Waals surface area contributed by atoms with E-state index in [0.717, 1.165) is 11.3 Å². The van der Waals surface area contributed by atoms with Crippen molar-refractivity contribution >= 4 is 5.82 Å². The molecule has 0 radical (unpaired) electrons. The molecule has 0 aliphatic heterocycles. The summed E-state index contributed by atoms with van der Waals surface area (Å²) in [7, 11) is 3.60. The average Bonchev–Trinajstić information content (AvgIpc) is 2.00. The summed E-state index contributed by atoms with van der Waals surface area (Å²) in [6.07, 6.45) is 0. The molecule has 0 fully saturated rings. The minimum atomic E-state index is -0.259. The van der Waals surface area contributed by atoms with Gasteiger partial charge in [-0.3, -0.25) is 0 Å². The molecule has 2 nitrogen and oxygen atoms in total. The van der Waals surface area contributed by atoms with Crippen LogP contribution in [-0.2, 0) is 5.41 Å². The van der Waals surface area contributed by atoms with Crippen molar-refractivity contribution in [3.8, 4) is 0 Å².